The number of nitriles is 1. The summed E-state index contributed by atoms with van der Waals surface area (Å²) in [5.74, 6) is -0.222. The van der Waals surface area contributed by atoms with E-state index in [1.165, 1.54) is 12.1 Å². The van der Waals surface area contributed by atoms with Gasteiger partial charge in [-0.1, -0.05) is 40.9 Å². The summed E-state index contributed by atoms with van der Waals surface area (Å²) in [7, 11) is 0. The predicted octanol–water partition coefficient (Wildman–Crippen LogP) is 5.59. The first-order valence-corrected chi connectivity index (χ1v) is 8.38. The molecule has 0 saturated carbocycles. The molecule has 0 aliphatic heterocycles. The van der Waals surface area contributed by atoms with Gasteiger partial charge in [-0.2, -0.15) is 5.26 Å². The Morgan fingerprint density at radius 1 is 1.24 bits per heavy atom. The number of halogens is 3. The summed E-state index contributed by atoms with van der Waals surface area (Å²) in [4.78, 5) is 12.3. The second kappa shape index (κ2) is 8.77. The molecular weight excluding hydrogens is 383 g/mol. The van der Waals surface area contributed by atoms with Gasteiger partial charge >= 0.3 is 0 Å². The van der Waals surface area contributed by atoms with Crippen molar-refractivity contribution in [1.82, 2.24) is 0 Å². The molecule has 0 fully saturated rings. The molecule has 2 rings (SSSR count). The van der Waals surface area contributed by atoms with Crippen LogP contribution in [-0.2, 0) is 4.79 Å². The van der Waals surface area contributed by atoms with Crippen LogP contribution >= 0.6 is 34.8 Å². The molecule has 25 heavy (non-hydrogen) atoms. The van der Waals surface area contributed by atoms with Gasteiger partial charge in [0.15, 0.2) is 0 Å². The molecule has 2 aromatic carbocycles. The number of nitrogens with one attached hydrogen (secondary N) is 1. The van der Waals surface area contributed by atoms with E-state index in [0.717, 1.165) is 0 Å². The summed E-state index contributed by atoms with van der Waals surface area (Å²) in [6, 6.07) is 11.6. The third kappa shape index (κ3) is 5.14. The zero-order valence-corrected chi connectivity index (χ0v) is 15.4. The quantitative estimate of drug-likeness (QED) is 0.530. The van der Waals surface area contributed by atoms with Crippen LogP contribution in [0, 0.1) is 11.3 Å². The number of ether oxygens (including phenoxy) is 1. The van der Waals surface area contributed by atoms with Gasteiger partial charge in [-0.15, -0.1) is 0 Å². The topological polar surface area (TPSA) is 62.1 Å². The molecule has 0 radical (unpaired) electrons. The molecule has 128 valence electrons. The Morgan fingerprint density at radius 2 is 2.00 bits per heavy atom. The first-order valence-electron chi connectivity index (χ1n) is 7.25. The maximum atomic E-state index is 12.3. The highest BCUT2D eigenvalue weighted by molar-refractivity contribution is 6.36. The monoisotopic (exact) mass is 394 g/mol. The van der Waals surface area contributed by atoms with Crippen molar-refractivity contribution in [2.24, 2.45) is 0 Å². The van der Waals surface area contributed by atoms with Gasteiger partial charge in [-0.25, -0.2) is 0 Å². The normalized spacial score (nSPS) is 10.9. The highest BCUT2D eigenvalue weighted by Gasteiger charge is 2.14. The lowest BCUT2D eigenvalue weighted by Crippen LogP contribution is -2.13. The van der Waals surface area contributed by atoms with Crippen molar-refractivity contribution in [2.75, 3.05) is 11.9 Å². The molecule has 0 aromatic heterocycles. The smallest absolute Gasteiger partial charge is 0.266 e. The molecule has 7 heteroatoms. The Hall–Kier alpha value is -2.19. The van der Waals surface area contributed by atoms with Gasteiger partial charge in [-0.05, 0) is 43.3 Å². The molecule has 0 aliphatic rings. The van der Waals surface area contributed by atoms with Gasteiger partial charge in [0, 0.05) is 21.3 Å². The first-order chi connectivity index (χ1) is 11.9. The second-order valence-corrected chi connectivity index (χ2v) is 6.15. The predicted molar refractivity (Wildman–Crippen MR) is 101 cm³/mol. The lowest BCUT2D eigenvalue weighted by Gasteiger charge is -2.11. The van der Waals surface area contributed by atoms with Crippen LogP contribution in [0.15, 0.2) is 42.0 Å². The minimum Gasteiger partial charge on any atom is -0.492 e. The Morgan fingerprint density at radius 3 is 2.64 bits per heavy atom. The summed E-state index contributed by atoms with van der Waals surface area (Å²) in [5, 5.41) is 13.1. The zero-order valence-electron chi connectivity index (χ0n) is 13.1. The summed E-state index contributed by atoms with van der Waals surface area (Å²) in [6.07, 6.45) is 1.38. The van der Waals surface area contributed by atoms with E-state index in [0.29, 0.717) is 38.7 Å². The standard InChI is InChI=1S/C18H13Cl3N2O2/c1-2-25-17-11(7-14(20)9-16(17)21)6-12(10-22)18(24)23-15-5-3-4-13(19)8-15/h3-9H,2H2,1H3,(H,23,24)/b12-6+. The number of hydrogen-bond donors (Lipinski definition) is 1. The Kier molecular flexibility index (Phi) is 6.72. The molecule has 1 N–H and O–H groups in total. The van der Waals surface area contributed by atoms with Crippen molar-refractivity contribution in [3.63, 3.8) is 0 Å². The van der Waals surface area contributed by atoms with Crippen LogP contribution in [0.3, 0.4) is 0 Å². The minimum absolute atomic E-state index is 0.126. The van der Waals surface area contributed by atoms with Gasteiger partial charge in [-0.3, -0.25) is 4.79 Å². The maximum absolute atomic E-state index is 12.3. The Bertz CT molecular complexity index is 873. The van der Waals surface area contributed by atoms with E-state index < -0.39 is 5.91 Å². The Labute approximate surface area is 160 Å². The number of carbonyl (C=O) groups is 1. The first kappa shape index (κ1) is 19.1. The average Bonchev–Trinajstić information content (AvgIpc) is 2.55. The lowest BCUT2D eigenvalue weighted by atomic mass is 10.1. The third-order valence-electron chi connectivity index (χ3n) is 3.07. The second-order valence-electron chi connectivity index (χ2n) is 4.87. The van der Waals surface area contributed by atoms with E-state index in [-0.39, 0.29) is 5.57 Å². The van der Waals surface area contributed by atoms with E-state index in [1.54, 1.807) is 37.3 Å². The van der Waals surface area contributed by atoms with Crippen LogP contribution in [0.1, 0.15) is 12.5 Å². The molecular formula is C18H13Cl3N2O2. The summed E-state index contributed by atoms with van der Waals surface area (Å²) >= 11 is 18.0. The van der Waals surface area contributed by atoms with Gasteiger partial charge in [0.05, 0.1) is 11.6 Å². The number of nitrogens with zero attached hydrogens (tertiary/aromatic N) is 1. The molecule has 0 unspecified atom stereocenters. The summed E-state index contributed by atoms with van der Waals surface area (Å²) in [5.41, 5.74) is 0.796. The number of benzene rings is 2. The fraction of sp³-hybridized carbons (Fsp3) is 0.111. The zero-order chi connectivity index (χ0) is 18.4. The van der Waals surface area contributed by atoms with Gasteiger partial charge in [0.2, 0.25) is 0 Å². The van der Waals surface area contributed by atoms with Crippen LogP contribution in [0.4, 0.5) is 5.69 Å². The fourth-order valence-corrected chi connectivity index (χ4v) is 2.81. The van der Waals surface area contributed by atoms with Gasteiger partial charge in [0.1, 0.15) is 17.4 Å². The lowest BCUT2D eigenvalue weighted by molar-refractivity contribution is -0.112. The van der Waals surface area contributed by atoms with Crippen molar-refractivity contribution >= 4 is 52.5 Å². The van der Waals surface area contributed by atoms with Crippen molar-refractivity contribution in [3.8, 4) is 11.8 Å². The van der Waals surface area contributed by atoms with Crippen LogP contribution in [0.25, 0.3) is 6.08 Å². The summed E-state index contributed by atoms with van der Waals surface area (Å²) in [6.45, 7) is 2.17. The van der Waals surface area contributed by atoms with E-state index in [2.05, 4.69) is 5.32 Å². The average molecular weight is 396 g/mol. The van der Waals surface area contributed by atoms with Gasteiger partial charge < -0.3 is 10.1 Å². The van der Waals surface area contributed by atoms with Crippen molar-refractivity contribution in [1.29, 1.82) is 5.26 Å². The summed E-state index contributed by atoms with van der Waals surface area (Å²) < 4.78 is 5.49. The minimum atomic E-state index is -0.580. The van der Waals surface area contributed by atoms with E-state index in [9.17, 15) is 10.1 Å². The number of hydrogen-bond acceptors (Lipinski definition) is 3. The molecule has 0 aliphatic carbocycles. The largest absolute Gasteiger partial charge is 0.492 e. The van der Waals surface area contributed by atoms with E-state index in [4.69, 9.17) is 39.5 Å². The van der Waals surface area contributed by atoms with Crippen LogP contribution in [-0.4, -0.2) is 12.5 Å². The number of carbonyl (C=O) groups excluding carboxylic acids is 1. The van der Waals surface area contributed by atoms with Crippen molar-refractivity contribution in [2.45, 2.75) is 6.92 Å². The van der Waals surface area contributed by atoms with Crippen LogP contribution in [0.5, 0.6) is 5.75 Å². The molecule has 0 spiro atoms. The molecule has 4 nitrogen and oxygen atoms in total. The van der Waals surface area contributed by atoms with Crippen molar-refractivity contribution < 1.29 is 9.53 Å². The molecule has 0 atom stereocenters. The number of rotatable bonds is 5. The maximum Gasteiger partial charge on any atom is 0.266 e. The highest BCUT2D eigenvalue weighted by atomic mass is 35.5. The molecule has 0 heterocycles. The molecule has 1 amide bonds. The SMILES string of the molecule is CCOc1c(Cl)cc(Cl)cc1/C=C(\C#N)C(=O)Nc1cccc(Cl)c1. The fourth-order valence-electron chi connectivity index (χ4n) is 2.05. The molecule has 2 aromatic rings. The number of anilines is 1. The van der Waals surface area contributed by atoms with E-state index >= 15 is 0 Å². The van der Waals surface area contributed by atoms with Gasteiger partial charge in [0.25, 0.3) is 5.91 Å². The van der Waals surface area contributed by atoms with E-state index in [1.807, 2.05) is 6.07 Å². The van der Waals surface area contributed by atoms with Crippen molar-refractivity contribution in [3.05, 3.63) is 62.6 Å². The third-order valence-corrected chi connectivity index (χ3v) is 3.81. The molecule has 0 saturated heterocycles. The number of amides is 1. The molecule has 0 bridgehead atoms. The highest BCUT2D eigenvalue weighted by Crippen LogP contribution is 2.34. The van der Waals surface area contributed by atoms with Crippen LogP contribution in [0.2, 0.25) is 15.1 Å². The Balaban J connectivity index is 2.37. The van der Waals surface area contributed by atoms with Crippen LogP contribution < -0.4 is 10.1 Å².